The summed E-state index contributed by atoms with van der Waals surface area (Å²) in [7, 11) is 0. The number of hydrogen-bond donors (Lipinski definition) is 3. The van der Waals surface area contributed by atoms with Crippen molar-refractivity contribution in [1.29, 1.82) is 0 Å². The number of fused-ring (bicyclic) bond motifs is 1. The van der Waals surface area contributed by atoms with Gasteiger partial charge in [0.05, 0.1) is 12.3 Å². The molecule has 3 heterocycles. The van der Waals surface area contributed by atoms with Crippen molar-refractivity contribution < 1.29 is 24.3 Å². The quantitative estimate of drug-likeness (QED) is 0.329. The highest BCUT2D eigenvalue weighted by molar-refractivity contribution is 8.01. The number of nitrogens with one attached hydrogen (secondary N) is 2. The van der Waals surface area contributed by atoms with Gasteiger partial charge >= 0.3 is 5.97 Å². The fraction of sp³-hybridized carbons (Fsp3) is 0.500. The highest BCUT2D eigenvalue weighted by atomic mass is 32.2. The number of β-lactam (4-membered cyclic amide) rings is 1. The van der Waals surface area contributed by atoms with Crippen LogP contribution in [0.1, 0.15) is 11.9 Å². The van der Waals surface area contributed by atoms with Crippen LogP contribution in [-0.4, -0.2) is 78.8 Å². The van der Waals surface area contributed by atoms with Gasteiger partial charge in [-0.3, -0.25) is 19.3 Å². The van der Waals surface area contributed by atoms with E-state index < -0.39 is 23.3 Å². The van der Waals surface area contributed by atoms with Gasteiger partial charge in [-0.15, -0.1) is 22.0 Å². The van der Waals surface area contributed by atoms with Crippen molar-refractivity contribution in [2.45, 2.75) is 29.2 Å². The predicted octanol–water partition coefficient (Wildman–Crippen LogP) is 0.368. The number of carboxylic acids is 1. The van der Waals surface area contributed by atoms with E-state index in [0.29, 0.717) is 33.0 Å². The van der Waals surface area contributed by atoms with E-state index in [1.54, 1.807) is 6.26 Å². The van der Waals surface area contributed by atoms with Crippen LogP contribution in [0.25, 0.3) is 0 Å². The molecule has 0 bridgehead atoms. The average Bonchev–Trinajstić information content (AvgIpc) is 3.16. The molecule has 0 spiro atoms. The molecular weight excluding hydrogens is 470 g/mol. The van der Waals surface area contributed by atoms with Gasteiger partial charge in [0.1, 0.15) is 22.1 Å². The summed E-state index contributed by atoms with van der Waals surface area (Å²) in [6.07, 6.45) is 1.79. The van der Waals surface area contributed by atoms with Crippen LogP contribution in [0.3, 0.4) is 0 Å². The highest BCUT2D eigenvalue weighted by Crippen LogP contribution is 2.41. The van der Waals surface area contributed by atoms with Crippen LogP contribution in [0.4, 0.5) is 0 Å². The molecule has 162 valence electrons. The molecule has 0 aromatic carbocycles. The molecule has 30 heavy (non-hydrogen) atoms. The monoisotopic (exact) mass is 489 g/mol. The van der Waals surface area contributed by atoms with E-state index in [-0.39, 0.29) is 23.3 Å². The van der Waals surface area contributed by atoms with Crippen molar-refractivity contribution in [3.05, 3.63) is 16.3 Å². The van der Waals surface area contributed by atoms with E-state index in [0.717, 1.165) is 0 Å². The summed E-state index contributed by atoms with van der Waals surface area (Å²) >= 11 is 5.44. The van der Waals surface area contributed by atoms with Crippen LogP contribution >= 0.6 is 46.6 Å². The lowest BCUT2D eigenvalue weighted by molar-refractivity contribution is -0.150. The molecule has 2 aliphatic rings. The number of aromatic nitrogens is 2. The number of carbonyl (C=O) groups excluding carboxylic acids is 3. The molecule has 0 aliphatic carbocycles. The van der Waals surface area contributed by atoms with Crippen LogP contribution in [0.2, 0.25) is 0 Å². The zero-order valence-electron chi connectivity index (χ0n) is 16.0. The molecule has 0 saturated carbocycles. The molecule has 1 saturated heterocycles. The summed E-state index contributed by atoms with van der Waals surface area (Å²) in [5.41, 5.74) is 0.601. The average molecular weight is 490 g/mol. The third kappa shape index (κ3) is 5.10. The van der Waals surface area contributed by atoms with Crippen LogP contribution in [0, 0.1) is 0 Å². The largest absolute Gasteiger partial charge is 0.477 e. The third-order valence-electron chi connectivity index (χ3n) is 4.15. The first kappa shape index (κ1) is 22.9. The molecule has 1 aromatic heterocycles. The van der Waals surface area contributed by atoms with Gasteiger partial charge in [-0.25, -0.2) is 4.79 Å². The van der Waals surface area contributed by atoms with Crippen molar-refractivity contribution in [3.63, 3.8) is 0 Å². The fourth-order valence-corrected chi connectivity index (χ4v) is 6.52. The second-order valence-electron chi connectivity index (χ2n) is 6.31. The lowest BCUT2D eigenvalue weighted by Crippen LogP contribution is -2.70. The predicted molar refractivity (Wildman–Crippen MR) is 116 cm³/mol. The summed E-state index contributed by atoms with van der Waals surface area (Å²) in [5, 5.41) is 23.3. The van der Waals surface area contributed by atoms with Gasteiger partial charge < -0.3 is 15.7 Å². The SMILES string of the molecule is CSCC(=O)NC1C(=O)N2C(C(=O)O)=C(CSc3nnc(CNC(C)=O)s3)CS[C@H]12. The molecule has 10 nitrogen and oxygen atoms in total. The Bertz CT molecular complexity index is 904. The minimum atomic E-state index is -1.17. The summed E-state index contributed by atoms with van der Waals surface area (Å²) in [6, 6.07) is -0.697. The van der Waals surface area contributed by atoms with E-state index in [1.165, 1.54) is 58.4 Å². The number of thioether (sulfide) groups is 3. The zero-order valence-corrected chi connectivity index (χ0v) is 19.3. The first-order valence-electron chi connectivity index (χ1n) is 8.69. The Morgan fingerprint density at radius 1 is 1.33 bits per heavy atom. The smallest absolute Gasteiger partial charge is 0.352 e. The molecule has 2 atom stereocenters. The van der Waals surface area contributed by atoms with Crippen molar-refractivity contribution in [2.24, 2.45) is 0 Å². The summed E-state index contributed by atoms with van der Waals surface area (Å²) in [6.45, 7) is 1.71. The molecule has 3 amide bonds. The Morgan fingerprint density at radius 3 is 2.77 bits per heavy atom. The molecule has 1 aromatic rings. The lowest BCUT2D eigenvalue weighted by atomic mass is 10.0. The number of aliphatic carboxylic acids is 1. The van der Waals surface area contributed by atoms with Crippen molar-refractivity contribution in [1.82, 2.24) is 25.7 Å². The van der Waals surface area contributed by atoms with E-state index in [1.807, 2.05) is 0 Å². The number of hydrogen-bond acceptors (Lipinski definition) is 10. The molecule has 3 N–H and O–H groups in total. The van der Waals surface area contributed by atoms with E-state index >= 15 is 0 Å². The Hall–Kier alpha value is -1.77. The maximum absolute atomic E-state index is 12.5. The van der Waals surface area contributed by atoms with Gasteiger partial charge in [0.25, 0.3) is 5.91 Å². The Kier molecular flexibility index (Phi) is 7.65. The van der Waals surface area contributed by atoms with E-state index in [4.69, 9.17) is 0 Å². The van der Waals surface area contributed by atoms with Gasteiger partial charge in [0.15, 0.2) is 4.34 Å². The minimum Gasteiger partial charge on any atom is -0.477 e. The van der Waals surface area contributed by atoms with Crippen LogP contribution in [-0.2, 0) is 25.7 Å². The van der Waals surface area contributed by atoms with Crippen molar-refractivity contribution >= 4 is 70.3 Å². The van der Waals surface area contributed by atoms with Crippen molar-refractivity contribution in [2.75, 3.05) is 23.5 Å². The Labute approximate surface area is 189 Å². The van der Waals surface area contributed by atoms with Gasteiger partial charge in [-0.05, 0) is 11.8 Å². The lowest BCUT2D eigenvalue weighted by Gasteiger charge is -2.49. The van der Waals surface area contributed by atoms with Crippen LogP contribution < -0.4 is 10.6 Å². The third-order valence-corrected chi connectivity index (χ3v) is 8.18. The standard InChI is InChI=1S/C16H19N5O5S4/c1-7(22)17-3-10-19-20-16(30-10)29-5-8-4-28-14-11(18-9(23)6-27-2)13(24)21(14)12(8)15(25)26/h11,14H,3-6H2,1-2H3,(H,17,22)(H,18,23)(H,25,26)/t11?,14-/m1/s1. The van der Waals surface area contributed by atoms with Crippen LogP contribution in [0.5, 0.6) is 0 Å². The summed E-state index contributed by atoms with van der Waals surface area (Å²) < 4.78 is 0.650. The minimum absolute atomic E-state index is 0.0189. The summed E-state index contributed by atoms with van der Waals surface area (Å²) in [4.78, 5) is 48.5. The first-order chi connectivity index (χ1) is 14.3. The Balaban J connectivity index is 1.66. The van der Waals surface area contributed by atoms with Gasteiger partial charge in [0.2, 0.25) is 11.8 Å². The second kappa shape index (κ2) is 10.0. The molecule has 2 aliphatic heterocycles. The molecule has 1 unspecified atom stereocenters. The maximum Gasteiger partial charge on any atom is 0.352 e. The number of nitrogens with zero attached hydrogens (tertiary/aromatic N) is 3. The first-order valence-corrected chi connectivity index (χ1v) is 12.9. The molecular formula is C16H19N5O5S4. The number of amides is 3. The maximum atomic E-state index is 12.5. The van der Waals surface area contributed by atoms with Crippen molar-refractivity contribution in [3.8, 4) is 0 Å². The second-order valence-corrected chi connectivity index (χ2v) is 10.6. The number of carboxylic acid groups (broad SMARTS) is 1. The zero-order chi connectivity index (χ0) is 21.8. The normalized spacial score (nSPS) is 20.5. The molecule has 14 heteroatoms. The molecule has 0 radical (unpaired) electrons. The highest BCUT2D eigenvalue weighted by Gasteiger charge is 2.54. The summed E-state index contributed by atoms with van der Waals surface area (Å²) in [5.74, 6) is -0.937. The fourth-order valence-electron chi connectivity index (χ4n) is 2.86. The van der Waals surface area contributed by atoms with E-state index in [9.17, 15) is 24.3 Å². The van der Waals surface area contributed by atoms with Gasteiger partial charge in [-0.1, -0.05) is 23.1 Å². The van der Waals surface area contributed by atoms with Crippen LogP contribution in [0.15, 0.2) is 15.6 Å². The topological polar surface area (TPSA) is 142 Å². The van der Waals surface area contributed by atoms with E-state index in [2.05, 4.69) is 20.8 Å². The molecule has 1 fully saturated rings. The Morgan fingerprint density at radius 2 is 2.10 bits per heavy atom. The van der Waals surface area contributed by atoms with Gasteiger partial charge in [-0.2, -0.15) is 11.8 Å². The number of rotatable bonds is 9. The van der Waals surface area contributed by atoms with Gasteiger partial charge in [0, 0.05) is 18.4 Å². The molecule has 3 rings (SSSR count). The number of carbonyl (C=O) groups is 4.